The van der Waals surface area contributed by atoms with Gasteiger partial charge in [0.2, 0.25) is 11.8 Å². The van der Waals surface area contributed by atoms with Gasteiger partial charge in [-0.15, -0.1) is 0 Å². The number of amides is 2. The molecule has 0 radical (unpaired) electrons. The summed E-state index contributed by atoms with van der Waals surface area (Å²) in [4.78, 5) is 31.1. The lowest BCUT2D eigenvalue weighted by atomic mass is 10.3. The highest BCUT2D eigenvalue weighted by molar-refractivity contribution is 8.15. The monoisotopic (exact) mass is 431 g/mol. The minimum Gasteiger partial charge on any atom is -0.494 e. The molecule has 2 aromatic carbocycles. The maximum absolute atomic E-state index is 12.9. The largest absolute Gasteiger partial charge is 0.494 e. The van der Waals surface area contributed by atoms with Crippen molar-refractivity contribution in [1.29, 1.82) is 0 Å². The van der Waals surface area contributed by atoms with Gasteiger partial charge < -0.3 is 10.1 Å². The maximum atomic E-state index is 12.9. The first-order valence-corrected chi connectivity index (χ1v) is 10.6. The number of ether oxygens (including phenoxy) is 1. The summed E-state index contributed by atoms with van der Waals surface area (Å²) in [6, 6.07) is 14.2. The first-order chi connectivity index (χ1) is 14.0. The van der Waals surface area contributed by atoms with E-state index in [9.17, 15) is 9.59 Å². The number of imide groups is 1. The molecule has 2 amide bonds. The highest BCUT2D eigenvalue weighted by Gasteiger charge is 2.40. The molecular formula is C21H22ClN3O3S. The van der Waals surface area contributed by atoms with Crippen LogP contribution in [0, 0.1) is 0 Å². The van der Waals surface area contributed by atoms with Crippen LogP contribution >= 0.6 is 23.4 Å². The predicted molar refractivity (Wildman–Crippen MR) is 119 cm³/mol. The minimum atomic E-state index is -0.529. The highest BCUT2D eigenvalue weighted by Crippen LogP contribution is 2.31. The number of thioether (sulfide) groups is 1. The lowest BCUT2D eigenvalue weighted by molar-refractivity contribution is -0.121. The van der Waals surface area contributed by atoms with Gasteiger partial charge >= 0.3 is 0 Å². The van der Waals surface area contributed by atoms with E-state index in [0.717, 1.165) is 5.69 Å². The summed E-state index contributed by atoms with van der Waals surface area (Å²) in [6.07, 6.45) is 0.127. The Morgan fingerprint density at radius 2 is 1.86 bits per heavy atom. The van der Waals surface area contributed by atoms with E-state index in [0.29, 0.717) is 34.8 Å². The van der Waals surface area contributed by atoms with Gasteiger partial charge in [0.15, 0.2) is 5.17 Å². The summed E-state index contributed by atoms with van der Waals surface area (Å²) in [5.74, 6) is 0.232. The number of carbonyl (C=O) groups is 2. The van der Waals surface area contributed by atoms with Crippen LogP contribution in [0.15, 0.2) is 53.5 Å². The molecule has 0 saturated carbocycles. The SMILES string of the molecule is CCN=C(Nc1ccc(Cl)cc1)S[C@H]1CC(=O)N(c2ccc(OCC)cc2)C1=O. The Morgan fingerprint density at radius 3 is 2.48 bits per heavy atom. The topological polar surface area (TPSA) is 71.0 Å². The molecule has 0 bridgehead atoms. The number of halogens is 1. The second kappa shape index (κ2) is 9.80. The smallest absolute Gasteiger partial charge is 0.247 e. The van der Waals surface area contributed by atoms with Gasteiger partial charge in [0.25, 0.3) is 0 Å². The molecule has 1 atom stereocenters. The Bertz CT molecular complexity index is 900. The molecule has 6 nitrogen and oxygen atoms in total. The molecule has 29 heavy (non-hydrogen) atoms. The van der Waals surface area contributed by atoms with Gasteiger partial charge in [-0.1, -0.05) is 23.4 Å². The molecule has 1 saturated heterocycles. The van der Waals surface area contributed by atoms with E-state index in [1.54, 1.807) is 36.4 Å². The van der Waals surface area contributed by atoms with Crippen LogP contribution in [0.5, 0.6) is 5.75 Å². The van der Waals surface area contributed by atoms with Crippen molar-refractivity contribution in [3.05, 3.63) is 53.6 Å². The summed E-state index contributed by atoms with van der Waals surface area (Å²) in [5, 5.41) is 3.90. The normalized spacial score (nSPS) is 17.0. The number of amidine groups is 1. The van der Waals surface area contributed by atoms with E-state index >= 15 is 0 Å². The van der Waals surface area contributed by atoms with Crippen molar-refractivity contribution >= 4 is 51.7 Å². The van der Waals surface area contributed by atoms with Crippen molar-refractivity contribution < 1.29 is 14.3 Å². The zero-order valence-corrected chi connectivity index (χ0v) is 17.8. The van der Waals surface area contributed by atoms with Crippen LogP contribution in [0.2, 0.25) is 5.02 Å². The molecule has 0 aromatic heterocycles. The molecule has 8 heteroatoms. The van der Waals surface area contributed by atoms with Crippen molar-refractivity contribution in [2.45, 2.75) is 25.5 Å². The highest BCUT2D eigenvalue weighted by atomic mass is 35.5. The lowest BCUT2D eigenvalue weighted by Crippen LogP contribution is -2.31. The number of nitrogens with one attached hydrogen (secondary N) is 1. The van der Waals surface area contributed by atoms with Crippen molar-refractivity contribution in [3.8, 4) is 5.75 Å². The van der Waals surface area contributed by atoms with E-state index < -0.39 is 5.25 Å². The first kappa shape index (κ1) is 21.2. The van der Waals surface area contributed by atoms with E-state index in [1.165, 1.54) is 16.7 Å². The first-order valence-electron chi connectivity index (χ1n) is 9.35. The van der Waals surface area contributed by atoms with Crippen LogP contribution in [0.1, 0.15) is 20.3 Å². The summed E-state index contributed by atoms with van der Waals surface area (Å²) < 4.78 is 5.42. The average Bonchev–Trinajstić information content (AvgIpc) is 2.98. The third-order valence-corrected chi connectivity index (χ3v) is 5.52. The van der Waals surface area contributed by atoms with E-state index in [4.69, 9.17) is 16.3 Å². The van der Waals surface area contributed by atoms with Crippen LogP contribution in [-0.2, 0) is 9.59 Å². The molecule has 0 unspecified atom stereocenters. The number of benzene rings is 2. The molecule has 1 N–H and O–H groups in total. The molecule has 1 aliphatic heterocycles. The van der Waals surface area contributed by atoms with Gasteiger partial charge in [0.05, 0.1) is 12.3 Å². The van der Waals surface area contributed by atoms with E-state index in [-0.39, 0.29) is 18.2 Å². The molecule has 0 aliphatic carbocycles. The molecule has 1 fully saturated rings. The fourth-order valence-electron chi connectivity index (χ4n) is 2.87. The van der Waals surface area contributed by atoms with E-state index in [2.05, 4.69) is 10.3 Å². The summed E-state index contributed by atoms with van der Waals surface area (Å²) in [5.41, 5.74) is 1.36. The van der Waals surface area contributed by atoms with Gasteiger partial charge in [-0.3, -0.25) is 14.6 Å². The van der Waals surface area contributed by atoms with Gasteiger partial charge in [0.1, 0.15) is 11.0 Å². The zero-order valence-electron chi connectivity index (χ0n) is 16.2. The Kier molecular flexibility index (Phi) is 7.17. The summed E-state index contributed by atoms with van der Waals surface area (Å²) in [7, 11) is 0. The molecule has 0 spiro atoms. The number of hydrogen-bond acceptors (Lipinski definition) is 5. The average molecular weight is 432 g/mol. The van der Waals surface area contributed by atoms with Gasteiger partial charge in [-0.05, 0) is 62.4 Å². The summed E-state index contributed by atoms with van der Waals surface area (Å²) in [6.45, 7) is 4.93. The van der Waals surface area contributed by atoms with Gasteiger partial charge in [-0.2, -0.15) is 0 Å². The Labute approximate surface area is 179 Å². The Morgan fingerprint density at radius 1 is 1.17 bits per heavy atom. The second-order valence-electron chi connectivity index (χ2n) is 6.22. The number of rotatable bonds is 6. The third-order valence-electron chi connectivity index (χ3n) is 4.16. The van der Waals surface area contributed by atoms with Crippen LogP contribution in [0.4, 0.5) is 11.4 Å². The summed E-state index contributed by atoms with van der Waals surface area (Å²) >= 11 is 7.19. The van der Waals surface area contributed by atoms with Crippen LogP contribution < -0.4 is 15.0 Å². The number of nitrogens with zero attached hydrogens (tertiary/aromatic N) is 2. The lowest BCUT2D eigenvalue weighted by Gasteiger charge is -2.16. The Hall–Kier alpha value is -2.51. The van der Waals surface area contributed by atoms with Crippen LogP contribution in [0.25, 0.3) is 0 Å². The number of hydrogen-bond donors (Lipinski definition) is 1. The van der Waals surface area contributed by atoms with E-state index in [1.807, 2.05) is 26.0 Å². The van der Waals surface area contributed by atoms with Crippen molar-refractivity contribution in [1.82, 2.24) is 0 Å². The fourth-order valence-corrected chi connectivity index (χ4v) is 4.07. The standard InChI is InChI=1S/C21H22ClN3O3S/c1-3-23-21(24-15-7-5-14(22)6-8-15)29-18-13-19(26)25(20(18)27)16-9-11-17(12-10-16)28-4-2/h5-12,18H,3-4,13H2,1-2H3,(H,23,24)/t18-/m0/s1. The molecular weight excluding hydrogens is 410 g/mol. The molecule has 2 aromatic rings. The fraction of sp³-hybridized carbons (Fsp3) is 0.286. The predicted octanol–water partition coefficient (Wildman–Crippen LogP) is 4.59. The van der Waals surface area contributed by atoms with Crippen molar-refractivity contribution in [2.24, 2.45) is 4.99 Å². The van der Waals surface area contributed by atoms with Crippen molar-refractivity contribution in [2.75, 3.05) is 23.4 Å². The molecule has 1 heterocycles. The van der Waals surface area contributed by atoms with Crippen LogP contribution in [-0.4, -0.2) is 35.4 Å². The van der Waals surface area contributed by atoms with Gasteiger partial charge in [-0.25, -0.2) is 4.90 Å². The second-order valence-corrected chi connectivity index (χ2v) is 7.84. The quantitative estimate of drug-likeness (QED) is 0.411. The minimum absolute atomic E-state index is 0.127. The van der Waals surface area contributed by atoms with Crippen molar-refractivity contribution in [3.63, 3.8) is 0 Å². The number of anilines is 2. The number of carbonyl (C=O) groups excluding carboxylic acids is 2. The maximum Gasteiger partial charge on any atom is 0.247 e. The Balaban J connectivity index is 1.71. The molecule has 152 valence electrons. The molecule has 1 aliphatic rings. The zero-order chi connectivity index (χ0) is 20.8. The number of aliphatic imine (C=N–C) groups is 1. The van der Waals surface area contributed by atoms with Crippen LogP contribution in [0.3, 0.4) is 0 Å². The van der Waals surface area contributed by atoms with Gasteiger partial charge in [0, 0.05) is 23.7 Å². The molecule has 3 rings (SSSR count). The third kappa shape index (κ3) is 5.31.